The molecule has 3 atom stereocenters. The number of benzene rings is 1. The quantitative estimate of drug-likeness (QED) is 0.640. The number of imide groups is 1. The number of aromatic nitrogens is 2. The van der Waals surface area contributed by atoms with Crippen LogP contribution in [0.2, 0.25) is 0 Å². The molecule has 1 saturated heterocycles. The van der Waals surface area contributed by atoms with Gasteiger partial charge in [0.1, 0.15) is 35.9 Å². The monoisotopic (exact) mass is 454 g/mol. The topological polar surface area (TPSA) is 118 Å². The lowest BCUT2D eigenvalue weighted by Gasteiger charge is -2.35. The Morgan fingerprint density at radius 1 is 1.24 bits per heavy atom. The molecule has 4 rings (SSSR count). The first-order chi connectivity index (χ1) is 15.7. The van der Waals surface area contributed by atoms with Gasteiger partial charge in [0.2, 0.25) is 0 Å². The molecule has 0 aliphatic carbocycles. The van der Waals surface area contributed by atoms with Gasteiger partial charge in [-0.25, -0.2) is 14.8 Å². The van der Waals surface area contributed by atoms with Crippen LogP contribution in [0.4, 0.5) is 16.4 Å². The third-order valence-corrected chi connectivity index (χ3v) is 5.37. The van der Waals surface area contributed by atoms with E-state index in [1.807, 2.05) is 30.1 Å². The normalized spacial score (nSPS) is 21.8. The van der Waals surface area contributed by atoms with Crippen LogP contribution in [0.15, 0.2) is 36.7 Å². The third kappa shape index (κ3) is 5.58. The molecule has 1 aromatic carbocycles. The maximum absolute atomic E-state index is 12.8. The molecule has 33 heavy (non-hydrogen) atoms. The van der Waals surface area contributed by atoms with Crippen molar-refractivity contribution >= 4 is 23.6 Å². The van der Waals surface area contributed by atoms with E-state index in [0.717, 1.165) is 11.1 Å². The van der Waals surface area contributed by atoms with Crippen molar-refractivity contribution in [1.82, 2.24) is 20.6 Å². The standard InChI is InChI=1S/C23H30N6O4/c1-23(2,3)33-22(31)28-20(30)16-10-15-11-24-18-17(21(27-15)32-16)19(26-13-25-18)29(4)12-14-8-6-5-7-9-14/h5-9,13,15-16,21,27H,10-12H2,1-4H3,(H,24,25,26)(H,28,30,31)/t15?,16?,21-/m1/s1. The molecule has 2 unspecified atom stereocenters. The Hall–Kier alpha value is -3.24. The summed E-state index contributed by atoms with van der Waals surface area (Å²) >= 11 is 0. The molecule has 2 aliphatic rings. The van der Waals surface area contributed by atoms with Crippen molar-refractivity contribution < 1.29 is 19.1 Å². The van der Waals surface area contributed by atoms with Gasteiger partial charge >= 0.3 is 6.09 Å². The lowest BCUT2D eigenvalue weighted by Crippen LogP contribution is -2.52. The van der Waals surface area contributed by atoms with Crippen LogP contribution < -0.4 is 20.9 Å². The zero-order valence-corrected chi connectivity index (χ0v) is 19.3. The predicted molar refractivity (Wildman–Crippen MR) is 123 cm³/mol. The summed E-state index contributed by atoms with van der Waals surface area (Å²) in [5.74, 6) is 0.830. The summed E-state index contributed by atoms with van der Waals surface area (Å²) in [5, 5.41) is 9.06. The average Bonchev–Trinajstić information content (AvgIpc) is 2.88. The number of hydrogen-bond acceptors (Lipinski definition) is 9. The van der Waals surface area contributed by atoms with Gasteiger partial charge in [0.05, 0.1) is 5.56 Å². The van der Waals surface area contributed by atoms with Crippen LogP contribution in [0.3, 0.4) is 0 Å². The van der Waals surface area contributed by atoms with E-state index in [2.05, 4.69) is 38.1 Å². The molecular formula is C23H30N6O4. The summed E-state index contributed by atoms with van der Waals surface area (Å²) in [6.07, 6.45) is -0.311. The van der Waals surface area contributed by atoms with Crippen LogP contribution in [0.25, 0.3) is 0 Å². The van der Waals surface area contributed by atoms with Crippen molar-refractivity contribution in [2.24, 2.45) is 0 Å². The number of amides is 2. The van der Waals surface area contributed by atoms with Crippen LogP contribution >= 0.6 is 0 Å². The van der Waals surface area contributed by atoms with E-state index in [1.165, 1.54) is 6.33 Å². The highest BCUT2D eigenvalue weighted by Crippen LogP contribution is 2.36. The van der Waals surface area contributed by atoms with Crippen molar-refractivity contribution in [2.75, 3.05) is 23.8 Å². The summed E-state index contributed by atoms with van der Waals surface area (Å²) in [6, 6.07) is 10.0. The largest absolute Gasteiger partial charge is 0.444 e. The number of rotatable bonds is 4. The van der Waals surface area contributed by atoms with Crippen molar-refractivity contribution in [3.8, 4) is 0 Å². The number of anilines is 2. The zero-order valence-electron chi connectivity index (χ0n) is 19.3. The molecule has 10 nitrogen and oxygen atoms in total. The van der Waals surface area contributed by atoms with Gasteiger partial charge in [-0.2, -0.15) is 0 Å². The Kier molecular flexibility index (Phi) is 6.48. The smallest absolute Gasteiger partial charge is 0.414 e. The van der Waals surface area contributed by atoms with Gasteiger partial charge in [0.15, 0.2) is 0 Å². The molecule has 0 saturated carbocycles. The van der Waals surface area contributed by atoms with E-state index >= 15 is 0 Å². The molecule has 2 bridgehead atoms. The van der Waals surface area contributed by atoms with Gasteiger partial charge in [-0.3, -0.25) is 15.4 Å². The minimum absolute atomic E-state index is 0.0559. The van der Waals surface area contributed by atoms with Crippen molar-refractivity contribution in [3.05, 3.63) is 47.8 Å². The van der Waals surface area contributed by atoms with Crippen LogP contribution in [0.5, 0.6) is 0 Å². The summed E-state index contributed by atoms with van der Waals surface area (Å²) in [4.78, 5) is 35.8. The Labute approximate surface area is 193 Å². The van der Waals surface area contributed by atoms with E-state index in [9.17, 15) is 9.59 Å². The minimum atomic E-state index is -0.825. The Bertz CT molecular complexity index is 1010. The van der Waals surface area contributed by atoms with Crippen LogP contribution in [0, 0.1) is 0 Å². The molecule has 176 valence electrons. The van der Waals surface area contributed by atoms with E-state index < -0.39 is 29.9 Å². The molecule has 2 aromatic rings. The maximum atomic E-state index is 12.8. The number of alkyl carbamates (subject to hydrolysis) is 1. The van der Waals surface area contributed by atoms with E-state index in [-0.39, 0.29) is 6.04 Å². The maximum Gasteiger partial charge on any atom is 0.414 e. The first-order valence-electron chi connectivity index (χ1n) is 11.0. The predicted octanol–water partition coefficient (Wildman–Crippen LogP) is 2.34. The first kappa shape index (κ1) is 22.9. The Morgan fingerprint density at radius 3 is 2.73 bits per heavy atom. The van der Waals surface area contributed by atoms with Crippen molar-refractivity contribution in [2.45, 2.75) is 57.7 Å². The highest BCUT2D eigenvalue weighted by molar-refractivity contribution is 5.94. The number of fused-ring (bicyclic) bond motifs is 4. The van der Waals surface area contributed by atoms with Crippen molar-refractivity contribution in [3.63, 3.8) is 0 Å². The van der Waals surface area contributed by atoms with E-state index in [0.29, 0.717) is 31.1 Å². The molecule has 0 spiro atoms. The molecule has 1 fully saturated rings. The van der Waals surface area contributed by atoms with Gasteiger partial charge in [0.25, 0.3) is 5.91 Å². The number of carbonyl (C=O) groups is 2. The zero-order chi connectivity index (χ0) is 23.6. The molecule has 3 N–H and O–H groups in total. The number of nitrogens with zero attached hydrogens (tertiary/aromatic N) is 3. The lowest BCUT2D eigenvalue weighted by molar-refractivity contribution is -0.145. The SMILES string of the molecule is CN(Cc1ccccc1)c1ncnc2c1[C@@H]1NC(CN2)CC(C(=O)NC(=O)OC(C)(C)C)O1. The second kappa shape index (κ2) is 9.32. The number of carbonyl (C=O) groups excluding carboxylic acids is 2. The average molecular weight is 455 g/mol. The molecular weight excluding hydrogens is 424 g/mol. The highest BCUT2D eigenvalue weighted by atomic mass is 16.6. The van der Waals surface area contributed by atoms with Crippen LogP contribution in [0.1, 0.15) is 44.5 Å². The summed E-state index contributed by atoms with van der Waals surface area (Å²) in [5.41, 5.74) is 1.17. The molecule has 2 amide bonds. The second-order valence-electron chi connectivity index (χ2n) is 9.28. The fraction of sp³-hybridized carbons (Fsp3) is 0.478. The summed E-state index contributed by atoms with van der Waals surface area (Å²) < 4.78 is 11.3. The second-order valence-corrected chi connectivity index (χ2v) is 9.28. The number of nitrogens with one attached hydrogen (secondary N) is 3. The van der Waals surface area contributed by atoms with Gasteiger partial charge in [-0.1, -0.05) is 30.3 Å². The van der Waals surface area contributed by atoms with Gasteiger partial charge in [-0.15, -0.1) is 0 Å². The third-order valence-electron chi connectivity index (χ3n) is 5.37. The molecule has 3 heterocycles. The van der Waals surface area contributed by atoms with Crippen LogP contribution in [-0.2, 0) is 20.8 Å². The lowest BCUT2D eigenvalue weighted by atomic mass is 10.1. The fourth-order valence-corrected chi connectivity index (χ4v) is 3.97. The van der Waals surface area contributed by atoms with E-state index in [1.54, 1.807) is 20.8 Å². The summed E-state index contributed by atoms with van der Waals surface area (Å²) in [6.45, 7) is 6.42. The van der Waals surface area contributed by atoms with Gasteiger partial charge in [0, 0.05) is 26.2 Å². The highest BCUT2D eigenvalue weighted by Gasteiger charge is 2.39. The molecule has 0 radical (unpaired) electrons. The minimum Gasteiger partial charge on any atom is -0.444 e. The number of ether oxygens (including phenoxy) is 2. The summed E-state index contributed by atoms with van der Waals surface area (Å²) in [7, 11) is 1.95. The fourth-order valence-electron chi connectivity index (χ4n) is 3.97. The molecule has 2 aliphatic heterocycles. The Balaban J connectivity index is 1.54. The molecule has 10 heteroatoms. The molecule has 1 aromatic heterocycles. The number of hydrogen-bond donors (Lipinski definition) is 3. The Morgan fingerprint density at radius 2 is 2.00 bits per heavy atom. The van der Waals surface area contributed by atoms with Gasteiger partial charge in [-0.05, 0) is 32.8 Å². The van der Waals surface area contributed by atoms with Crippen LogP contribution in [-0.4, -0.2) is 53.3 Å². The van der Waals surface area contributed by atoms with E-state index in [4.69, 9.17) is 9.47 Å². The van der Waals surface area contributed by atoms with Gasteiger partial charge < -0.3 is 19.7 Å². The first-order valence-corrected chi connectivity index (χ1v) is 11.0. The van der Waals surface area contributed by atoms with Crippen molar-refractivity contribution in [1.29, 1.82) is 0 Å².